The van der Waals surface area contributed by atoms with Gasteiger partial charge in [-0.25, -0.2) is 0 Å². The van der Waals surface area contributed by atoms with Crippen molar-refractivity contribution >= 4 is 28.9 Å². The van der Waals surface area contributed by atoms with Crippen LogP contribution < -0.4 is 15.2 Å². The summed E-state index contributed by atoms with van der Waals surface area (Å²) in [6, 6.07) is 9.51. The van der Waals surface area contributed by atoms with Crippen molar-refractivity contribution in [3.05, 3.63) is 57.2 Å². The van der Waals surface area contributed by atoms with Gasteiger partial charge in [0, 0.05) is 34.1 Å². The van der Waals surface area contributed by atoms with Crippen molar-refractivity contribution in [3.63, 3.8) is 0 Å². The van der Waals surface area contributed by atoms with Crippen molar-refractivity contribution < 1.29 is 9.47 Å². The van der Waals surface area contributed by atoms with Gasteiger partial charge in [-0.15, -0.1) is 0 Å². The molecule has 3 N–H and O–H groups in total. The molecule has 0 bridgehead atoms. The quantitative estimate of drug-likeness (QED) is 0.568. The van der Waals surface area contributed by atoms with Crippen LogP contribution in [0.1, 0.15) is 29.2 Å². The zero-order valence-electron chi connectivity index (χ0n) is 15.7. The Hall–Kier alpha value is -2.37. The van der Waals surface area contributed by atoms with Gasteiger partial charge >= 0.3 is 0 Å². The first kappa shape index (κ1) is 19.0. The van der Waals surface area contributed by atoms with Crippen LogP contribution in [0.3, 0.4) is 0 Å². The van der Waals surface area contributed by atoms with E-state index in [1.165, 1.54) is 5.56 Å². The van der Waals surface area contributed by atoms with Crippen LogP contribution in [0.2, 0.25) is 10.0 Å². The van der Waals surface area contributed by atoms with Crippen molar-refractivity contribution in [1.29, 1.82) is 0 Å². The Kier molecular flexibility index (Phi) is 5.13. The van der Waals surface area contributed by atoms with E-state index in [0.29, 0.717) is 21.5 Å². The van der Waals surface area contributed by atoms with Gasteiger partial charge in [-0.2, -0.15) is 5.10 Å². The first-order chi connectivity index (χ1) is 13.5. The molecule has 0 unspecified atom stereocenters. The molecule has 0 amide bonds. The molecule has 1 aliphatic rings. The molecule has 0 fully saturated rings. The number of ether oxygens (including phenoxy) is 2. The number of halogens is 2. The Balaban J connectivity index is 1.73. The van der Waals surface area contributed by atoms with Gasteiger partial charge in [-0.3, -0.25) is 5.10 Å². The molecule has 1 aromatic heterocycles. The van der Waals surface area contributed by atoms with E-state index in [9.17, 15) is 0 Å². The number of para-hydroxylation sites is 1. The number of aromatic amines is 1. The summed E-state index contributed by atoms with van der Waals surface area (Å²) >= 11 is 13.2. The van der Waals surface area contributed by atoms with E-state index in [1.807, 2.05) is 24.3 Å². The predicted octanol–water partition coefficient (Wildman–Crippen LogP) is 5.26. The molecule has 0 radical (unpaired) electrons. The second kappa shape index (κ2) is 7.57. The van der Waals surface area contributed by atoms with Gasteiger partial charge in [0.05, 0.1) is 30.0 Å². The molecule has 2 aromatic carbocycles. The maximum absolute atomic E-state index is 6.62. The van der Waals surface area contributed by atoms with Crippen LogP contribution in [-0.4, -0.2) is 24.4 Å². The first-order valence-corrected chi connectivity index (χ1v) is 9.81. The van der Waals surface area contributed by atoms with Crippen LogP contribution in [0, 0.1) is 0 Å². The molecule has 1 atom stereocenters. The molecule has 4 rings (SSSR count). The molecule has 0 spiro atoms. The minimum absolute atomic E-state index is 0.137. The highest BCUT2D eigenvalue weighted by atomic mass is 35.5. The lowest BCUT2D eigenvalue weighted by molar-refractivity contribution is 0.392. The Labute approximate surface area is 173 Å². The van der Waals surface area contributed by atoms with Gasteiger partial charge in [0.25, 0.3) is 0 Å². The van der Waals surface area contributed by atoms with Crippen molar-refractivity contribution in [3.8, 4) is 22.8 Å². The maximum Gasteiger partial charge on any atom is 0.141 e. The van der Waals surface area contributed by atoms with Gasteiger partial charge in [0.1, 0.15) is 11.5 Å². The highest BCUT2D eigenvalue weighted by Crippen LogP contribution is 2.47. The Bertz CT molecular complexity index is 1000. The van der Waals surface area contributed by atoms with Crippen LogP contribution in [0.25, 0.3) is 11.3 Å². The third-order valence-corrected chi connectivity index (χ3v) is 6.16. The molecule has 0 saturated heterocycles. The normalized spacial score (nSPS) is 15.9. The summed E-state index contributed by atoms with van der Waals surface area (Å²) in [6.07, 6.45) is 2.50. The summed E-state index contributed by atoms with van der Waals surface area (Å²) in [5.74, 6) is 1.26. The van der Waals surface area contributed by atoms with E-state index >= 15 is 0 Å². The zero-order chi connectivity index (χ0) is 19.8. The Morgan fingerprint density at radius 3 is 2.43 bits per heavy atom. The van der Waals surface area contributed by atoms with Gasteiger partial charge in [0.15, 0.2) is 0 Å². The molecule has 5 nitrogen and oxygen atoms in total. The SMILES string of the molecule is COc1cc(OC)c(Cl)c([C@@H]2CCc3c(-c4ccccc4N)n[nH]c3C2)c1Cl. The molecule has 3 aromatic rings. The van der Waals surface area contributed by atoms with E-state index in [-0.39, 0.29) is 5.92 Å². The number of hydrogen-bond acceptors (Lipinski definition) is 4. The molecule has 7 heteroatoms. The van der Waals surface area contributed by atoms with Gasteiger partial charge in [-0.05, 0) is 31.2 Å². The Morgan fingerprint density at radius 1 is 1.11 bits per heavy atom. The predicted molar refractivity (Wildman–Crippen MR) is 113 cm³/mol. The maximum atomic E-state index is 6.62. The average molecular weight is 418 g/mol. The molecular formula is C21H21Cl2N3O2. The smallest absolute Gasteiger partial charge is 0.141 e. The summed E-state index contributed by atoms with van der Waals surface area (Å²) < 4.78 is 10.8. The lowest BCUT2D eigenvalue weighted by Crippen LogP contribution is -2.14. The fourth-order valence-electron chi connectivity index (χ4n) is 3.95. The third kappa shape index (κ3) is 3.09. The van der Waals surface area contributed by atoms with Crippen LogP contribution >= 0.6 is 23.2 Å². The minimum atomic E-state index is 0.137. The van der Waals surface area contributed by atoms with Gasteiger partial charge in [-0.1, -0.05) is 41.4 Å². The molecule has 146 valence electrons. The van der Waals surface area contributed by atoms with E-state index in [4.69, 9.17) is 38.4 Å². The second-order valence-corrected chi connectivity index (χ2v) is 7.63. The number of fused-ring (bicyclic) bond motifs is 1. The summed E-state index contributed by atoms with van der Waals surface area (Å²) in [5.41, 5.74) is 11.9. The zero-order valence-corrected chi connectivity index (χ0v) is 17.2. The minimum Gasteiger partial charge on any atom is -0.495 e. The summed E-state index contributed by atoms with van der Waals surface area (Å²) in [7, 11) is 3.17. The van der Waals surface area contributed by atoms with Crippen molar-refractivity contribution in [1.82, 2.24) is 10.2 Å². The van der Waals surface area contributed by atoms with E-state index < -0.39 is 0 Å². The van der Waals surface area contributed by atoms with Crippen molar-refractivity contribution in [2.75, 3.05) is 20.0 Å². The number of hydrogen-bond donors (Lipinski definition) is 2. The number of benzene rings is 2. The molecule has 0 aliphatic heterocycles. The highest BCUT2D eigenvalue weighted by molar-refractivity contribution is 6.38. The van der Waals surface area contributed by atoms with E-state index in [0.717, 1.165) is 47.5 Å². The molecular weight excluding hydrogens is 397 g/mol. The number of nitrogens with two attached hydrogens (primary N) is 1. The van der Waals surface area contributed by atoms with Gasteiger partial charge < -0.3 is 15.2 Å². The number of methoxy groups -OCH3 is 2. The number of anilines is 1. The number of rotatable bonds is 4. The lowest BCUT2D eigenvalue weighted by atomic mass is 9.81. The highest BCUT2D eigenvalue weighted by Gasteiger charge is 2.30. The van der Waals surface area contributed by atoms with Crippen LogP contribution in [-0.2, 0) is 12.8 Å². The second-order valence-electron chi connectivity index (χ2n) is 6.88. The largest absolute Gasteiger partial charge is 0.495 e. The summed E-state index contributed by atoms with van der Waals surface area (Å²) in [4.78, 5) is 0. The summed E-state index contributed by atoms with van der Waals surface area (Å²) in [6.45, 7) is 0. The van der Waals surface area contributed by atoms with Crippen LogP contribution in [0.5, 0.6) is 11.5 Å². The number of nitrogens with one attached hydrogen (secondary N) is 1. The van der Waals surface area contributed by atoms with Gasteiger partial charge in [0.2, 0.25) is 0 Å². The molecule has 1 heterocycles. The number of aromatic nitrogens is 2. The third-order valence-electron chi connectivity index (χ3n) is 5.38. The number of H-pyrrole nitrogens is 1. The molecule has 28 heavy (non-hydrogen) atoms. The molecule has 1 aliphatic carbocycles. The number of nitrogen functional groups attached to an aromatic ring is 1. The Morgan fingerprint density at radius 2 is 1.79 bits per heavy atom. The van der Waals surface area contributed by atoms with Crippen molar-refractivity contribution in [2.24, 2.45) is 0 Å². The van der Waals surface area contributed by atoms with E-state index in [1.54, 1.807) is 20.3 Å². The first-order valence-electron chi connectivity index (χ1n) is 9.06. The van der Waals surface area contributed by atoms with Crippen LogP contribution in [0.4, 0.5) is 5.69 Å². The summed E-state index contributed by atoms with van der Waals surface area (Å²) in [5, 5.41) is 8.81. The monoisotopic (exact) mass is 417 g/mol. The van der Waals surface area contributed by atoms with Crippen LogP contribution in [0.15, 0.2) is 30.3 Å². The van der Waals surface area contributed by atoms with Crippen molar-refractivity contribution in [2.45, 2.75) is 25.2 Å². The average Bonchev–Trinajstić information content (AvgIpc) is 3.12. The fraction of sp³-hybridized carbons (Fsp3) is 0.286. The molecule has 0 saturated carbocycles. The lowest BCUT2D eigenvalue weighted by Gasteiger charge is -2.26. The number of nitrogens with zero attached hydrogens (tertiary/aromatic N) is 1. The van der Waals surface area contributed by atoms with E-state index in [2.05, 4.69) is 10.2 Å². The standard InChI is InChI=1S/C21H21Cl2N3O2/c1-27-16-10-17(28-2)20(23)18(19(16)22)11-7-8-13-15(9-11)25-26-21(13)12-5-3-4-6-14(12)24/h3-6,10-11H,7-9,24H2,1-2H3,(H,25,26)/t11-/m1/s1. The fourth-order valence-corrected chi connectivity index (χ4v) is 4.76. The topological polar surface area (TPSA) is 73.2 Å².